The van der Waals surface area contributed by atoms with E-state index in [2.05, 4.69) is 22.1 Å². The highest BCUT2D eigenvalue weighted by Gasteiger charge is 2.32. The van der Waals surface area contributed by atoms with E-state index >= 15 is 0 Å². The molecule has 1 atom stereocenters. The standard InChI is InChI=1S/C21H22N4O3S2/c1-12-5-4-6-18(23-12)15-8-7-14-9-17(11-16(14)10-15)19(26)25(3)21-24-13(2)20(29-21)30(22,27)28/h4-8,10,17H,9,11H2,1-3H3,(H2,22,27,28)/t17-/m1/s1. The molecule has 0 saturated carbocycles. The molecule has 2 N–H and O–H groups in total. The molecule has 1 aromatic carbocycles. The highest BCUT2D eigenvalue weighted by molar-refractivity contribution is 7.91. The average Bonchev–Trinajstić information content (AvgIpc) is 3.29. The number of carbonyl (C=O) groups is 1. The molecule has 0 aliphatic heterocycles. The summed E-state index contributed by atoms with van der Waals surface area (Å²) in [7, 11) is -2.23. The van der Waals surface area contributed by atoms with Crippen LogP contribution in [0.3, 0.4) is 0 Å². The van der Waals surface area contributed by atoms with Crippen molar-refractivity contribution in [1.82, 2.24) is 9.97 Å². The molecular weight excluding hydrogens is 420 g/mol. The number of thiazole rings is 1. The summed E-state index contributed by atoms with van der Waals surface area (Å²) in [5, 5.41) is 5.57. The Morgan fingerprint density at radius 2 is 1.87 bits per heavy atom. The van der Waals surface area contributed by atoms with E-state index in [9.17, 15) is 13.2 Å². The zero-order chi connectivity index (χ0) is 21.6. The van der Waals surface area contributed by atoms with Gasteiger partial charge in [-0.3, -0.25) is 14.7 Å². The van der Waals surface area contributed by atoms with Crippen LogP contribution in [0.2, 0.25) is 0 Å². The third-order valence-electron chi connectivity index (χ3n) is 5.29. The van der Waals surface area contributed by atoms with Crippen LogP contribution in [0.4, 0.5) is 5.13 Å². The van der Waals surface area contributed by atoms with E-state index in [0.717, 1.165) is 39.4 Å². The maximum absolute atomic E-state index is 13.1. The summed E-state index contributed by atoms with van der Waals surface area (Å²) in [6.07, 6.45) is 1.27. The number of nitrogens with two attached hydrogens (primary N) is 1. The van der Waals surface area contributed by atoms with Gasteiger partial charge < -0.3 is 0 Å². The Morgan fingerprint density at radius 3 is 2.53 bits per heavy atom. The van der Waals surface area contributed by atoms with E-state index in [1.54, 1.807) is 14.0 Å². The summed E-state index contributed by atoms with van der Waals surface area (Å²) in [5.74, 6) is -0.302. The molecule has 2 aromatic heterocycles. The molecular formula is C21H22N4O3S2. The summed E-state index contributed by atoms with van der Waals surface area (Å²) >= 11 is 0.919. The highest BCUT2D eigenvalue weighted by atomic mass is 32.2. The Labute approximate surface area is 179 Å². The lowest BCUT2D eigenvalue weighted by molar-refractivity contribution is -0.121. The molecule has 0 unspecified atom stereocenters. The maximum Gasteiger partial charge on any atom is 0.249 e. The van der Waals surface area contributed by atoms with Crippen molar-refractivity contribution in [1.29, 1.82) is 0 Å². The van der Waals surface area contributed by atoms with Gasteiger partial charge in [-0.25, -0.2) is 18.5 Å². The largest absolute Gasteiger partial charge is 0.291 e. The molecule has 3 aromatic rings. The van der Waals surface area contributed by atoms with Gasteiger partial charge in [-0.05, 0) is 56.0 Å². The van der Waals surface area contributed by atoms with Crippen molar-refractivity contribution in [3.05, 3.63) is 58.9 Å². The quantitative estimate of drug-likeness (QED) is 0.669. The predicted molar refractivity (Wildman–Crippen MR) is 117 cm³/mol. The van der Waals surface area contributed by atoms with Crippen LogP contribution in [-0.2, 0) is 27.7 Å². The van der Waals surface area contributed by atoms with E-state index in [4.69, 9.17) is 5.14 Å². The van der Waals surface area contributed by atoms with Crippen LogP contribution in [0, 0.1) is 19.8 Å². The number of nitrogens with zero attached hydrogens (tertiary/aromatic N) is 3. The molecule has 9 heteroatoms. The molecule has 0 bridgehead atoms. The number of anilines is 1. The van der Waals surface area contributed by atoms with E-state index < -0.39 is 10.0 Å². The molecule has 1 aliphatic rings. The van der Waals surface area contributed by atoms with E-state index in [-0.39, 0.29) is 16.0 Å². The monoisotopic (exact) mass is 442 g/mol. The number of hydrogen-bond acceptors (Lipinski definition) is 6. The number of benzene rings is 1. The number of rotatable bonds is 4. The Balaban J connectivity index is 1.55. The Bertz CT molecular complexity index is 1250. The van der Waals surface area contributed by atoms with E-state index in [0.29, 0.717) is 23.7 Å². The molecule has 30 heavy (non-hydrogen) atoms. The van der Waals surface area contributed by atoms with Gasteiger partial charge in [0.25, 0.3) is 0 Å². The van der Waals surface area contributed by atoms with Gasteiger partial charge >= 0.3 is 0 Å². The molecule has 0 fully saturated rings. The van der Waals surface area contributed by atoms with Gasteiger partial charge in [-0.15, -0.1) is 0 Å². The van der Waals surface area contributed by atoms with Gasteiger partial charge in [0, 0.05) is 24.2 Å². The van der Waals surface area contributed by atoms with Gasteiger partial charge in [0.2, 0.25) is 15.9 Å². The SMILES string of the molecule is Cc1cccc(-c2ccc3c(c2)C[C@H](C(=O)N(C)c2nc(C)c(S(N)(=O)=O)s2)C3)n1. The Morgan fingerprint density at radius 1 is 1.13 bits per heavy atom. The average molecular weight is 443 g/mol. The van der Waals surface area contributed by atoms with Crippen molar-refractivity contribution in [3.8, 4) is 11.3 Å². The van der Waals surface area contributed by atoms with Crippen molar-refractivity contribution >= 4 is 32.4 Å². The van der Waals surface area contributed by atoms with Crippen LogP contribution >= 0.6 is 11.3 Å². The van der Waals surface area contributed by atoms with Crippen LogP contribution < -0.4 is 10.0 Å². The molecule has 2 heterocycles. The number of aryl methyl sites for hydroxylation is 2. The van der Waals surface area contributed by atoms with Gasteiger partial charge in [0.1, 0.15) is 0 Å². The lowest BCUT2D eigenvalue weighted by Crippen LogP contribution is -2.33. The van der Waals surface area contributed by atoms with Crippen LogP contribution in [0.25, 0.3) is 11.3 Å². The van der Waals surface area contributed by atoms with Crippen molar-refractivity contribution in [2.75, 3.05) is 11.9 Å². The minimum absolute atomic E-state index is 0.0119. The lowest BCUT2D eigenvalue weighted by Gasteiger charge is -2.18. The Kier molecular flexibility index (Phi) is 5.21. The fourth-order valence-electron chi connectivity index (χ4n) is 3.80. The number of carbonyl (C=O) groups excluding carboxylic acids is 1. The predicted octanol–water partition coefficient (Wildman–Crippen LogP) is 2.85. The molecule has 156 valence electrons. The number of fused-ring (bicyclic) bond motifs is 1. The summed E-state index contributed by atoms with van der Waals surface area (Å²) in [5.41, 5.74) is 5.51. The first-order valence-electron chi connectivity index (χ1n) is 9.47. The summed E-state index contributed by atoms with van der Waals surface area (Å²) in [4.78, 5) is 23.3. The van der Waals surface area contributed by atoms with Crippen molar-refractivity contribution < 1.29 is 13.2 Å². The first-order valence-corrected chi connectivity index (χ1v) is 11.8. The first kappa shape index (κ1) is 20.6. The summed E-state index contributed by atoms with van der Waals surface area (Å²) in [6.45, 7) is 3.54. The van der Waals surface area contributed by atoms with Crippen molar-refractivity contribution in [3.63, 3.8) is 0 Å². The minimum atomic E-state index is -3.86. The number of primary sulfonamides is 1. The molecule has 0 saturated heterocycles. The number of aromatic nitrogens is 2. The third-order valence-corrected chi connectivity index (χ3v) is 8.08. The van der Waals surface area contributed by atoms with E-state index in [1.807, 2.05) is 31.2 Å². The van der Waals surface area contributed by atoms with Crippen molar-refractivity contribution in [2.45, 2.75) is 30.9 Å². The second kappa shape index (κ2) is 7.57. The topological polar surface area (TPSA) is 106 Å². The normalized spacial score (nSPS) is 15.8. The molecule has 0 spiro atoms. The summed E-state index contributed by atoms with van der Waals surface area (Å²) < 4.78 is 23.3. The first-order chi connectivity index (χ1) is 14.1. The van der Waals surface area contributed by atoms with Gasteiger partial charge in [-0.1, -0.05) is 29.5 Å². The van der Waals surface area contributed by atoms with Crippen LogP contribution in [0.5, 0.6) is 0 Å². The van der Waals surface area contributed by atoms with Crippen molar-refractivity contribution in [2.24, 2.45) is 11.1 Å². The van der Waals surface area contributed by atoms with Gasteiger partial charge in [0.15, 0.2) is 9.34 Å². The number of amides is 1. The Hall–Kier alpha value is -2.62. The van der Waals surface area contributed by atoms with Gasteiger partial charge in [-0.2, -0.15) is 0 Å². The number of hydrogen-bond donors (Lipinski definition) is 1. The second-order valence-electron chi connectivity index (χ2n) is 7.56. The molecule has 1 amide bonds. The fraction of sp³-hybridized carbons (Fsp3) is 0.286. The highest BCUT2D eigenvalue weighted by Crippen LogP contribution is 2.34. The smallest absolute Gasteiger partial charge is 0.249 e. The van der Waals surface area contributed by atoms with Crippen LogP contribution in [0.15, 0.2) is 40.6 Å². The number of sulfonamides is 1. The molecule has 7 nitrogen and oxygen atoms in total. The minimum Gasteiger partial charge on any atom is -0.291 e. The molecule has 0 radical (unpaired) electrons. The maximum atomic E-state index is 13.1. The molecule has 4 rings (SSSR count). The lowest BCUT2D eigenvalue weighted by atomic mass is 10.0. The number of pyridine rings is 1. The summed E-state index contributed by atoms with van der Waals surface area (Å²) in [6, 6.07) is 12.1. The van der Waals surface area contributed by atoms with E-state index in [1.165, 1.54) is 4.90 Å². The molecule has 1 aliphatic carbocycles. The fourth-order valence-corrected chi connectivity index (χ4v) is 5.71. The second-order valence-corrected chi connectivity index (χ2v) is 10.3. The van der Waals surface area contributed by atoms with Crippen LogP contribution in [-0.4, -0.2) is 31.3 Å². The zero-order valence-corrected chi connectivity index (χ0v) is 18.5. The van der Waals surface area contributed by atoms with Crippen LogP contribution in [0.1, 0.15) is 22.5 Å². The zero-order valence-electron chi connectivity index (χ0n) is 16.9. The van der Waals surface area contributed by atoms with Gasteiger partial charge in [0.05, 0.1) is 11.4 Å². The third kappa shape index (κ3) is 3.88.